The van der Waals surface area contributed by atoms with Crippen LogP contribution in [0, 0.1) is 21.7 Å². The molecule has 1 heterocycles. The fourth-order valence-corrected chi connectivity index (χ4v) is 3.03. The van der Waals surface area contributed by atoms with Crippen LogP contribution in [-0.4, -0.2) is 29.2 Å². The molecule has 138 valence electrons. The molecule has 1 aliphatic heterocycles. The van der Waals surface area contributed by atoms with E-state index in [1.54, 1.807) is 12.1 Å². The highest BCUT2D eigenvalue weighted by Crippen LogP contribution is 2.27. The van der Waals surface area contributed by atoms with Crippen molar-refractivity contribution in [3.8, 4) is 0 Å². The van der Waals surface area contributed by atoms with E-state index in [9.17, 15) is 24.0 Å². The Hall–Kier alpha value is -2.74. The molecule has 0 amide bonds. The fraction of sp³-hybridized carbons (Fsp3) is 0.333. The summed E-state index contributed by atoms with van der Waals surface area (Å²) in [6, 6.07) is 7.89. The molecule has 0 aromatic heterocycles. The molecule has 6 nitrogen and oxygen atoms in total. The predicted octanol–water partition coefficient (Wildman–Crippen LogP) is 3.45. The monoisotopic (exact) mass is 363 g/mol. The number of anilines is 2. The van der Waals surface area contributed by atoms with Crippen molar-refractivity contribution < 1.29 is 18.8 Å². The van der Waals surface area contributed by atoms with Crippen molar-refractivity contribution >= 4 is 17.1 Å². The van der Waals surface area contributed by atoms with Gasteiger partial charge in [-0.25, -0.2) is 8.78 Å². The first kappa shape index (κ1) is 18.1. The summed E-state index contributed by atoms with van der Waals surface area (Å²) in [5, 5.41) is 23.3. The van der Waals surface area contributed by atoms with Crippen LogP contribution in [0.2, 0.25) is 0 Å². The average Bonchev–Trinajstić information content (AvgIpc) is 2.61. The molecule has 2 aromatic rings. The Bertz CT molecular complexity index is 808. The number of rotatable bonds is 5. The van der Waals surface area contributed by atoms with Crippen LogP contribution in [0.1, 0.15) is 18.4 Å². The van der Waals surface area contributed by atoms with Gasteiger partial charge in [0.15, 0.2) is 0 Å². The van der Waals surface area contributed by atoms with Crippen molar-refractivity contribution in [2.24, 2.45) is 0 Å². The second kappa shape index (κ2) is 7.65. The standard InChI is InChI=1S/C18H19F2N3O3/c19-13-2-4-18(23(25)26)16(10-13)21-11-12-1-3-17(15(20)9-12)22-7-5-14(24)6-8-22/h1-4,9-10,14,21,24H,5-8,11H2. The third-order valence-electron chi connectivity index (χ3n) is 4.46. The number of piperidine rings is 1. The maximum atomic E-state index is 14.4. The molecule has 8 heteroatoms. The number of nitrogens with one attached hydrogen (secondary N) is 1. The lowest BCUT2D eigenvalue weighted by Crippen LogP contribution is -2.36. The molecule has 0 unspecified atom stereocenters. The van der Waals surface area contributed by atoms with Crippen molar-refractivity contribution in [1.29, 1.82) is 0 Å². The van der Waals surface area contributed by atoms with Crippen LogP contribution in [0.4, 0.5) is 25.8 Å². The number of nitro benzene ring substituents is 1. The Balaban J connectivity index is 1.71. The normalized spacial score (nSPS) is 15.1. The summed E-state index contributed by atoms with van der Waals surface area (Å²) in [5.41, 5.74) is 0.860. The molecule has 3 rings (SSSR count). The lowest BCUT2D eigenvalue weighted by molar-refractivity contribution is -0.384. The number of aliphatic hydroxyl groups excluding tert-OH is 1. The number of nitro groups is 1. The van der Waals surface area contributed by atoms with Gasteiger partial charge in [0.05, 0.1) is 16.7 Å². The zero-order valence-electron chi connectivity index (χ0n) is 14.0. The van der Waals surface area contributed by atoms with E-state index >= 15 is 0 Å². The SMILES string of the molecule is O=[N+]([O-])c1ccc(F)cc1NCc1ccc(N2CCC(O)CC2)c(F)c1. The van der Waals surface area contributed by atoms with E-state index in [4.69, 9.17) is 0 Å². The molecule has 0 atom stereocenters. The summed E-state index contributed by atoms with van der Waals surface area (Å²) in [4.78, 5) is 12.3. The number of aliphatic hydroxyl groups is 1. The molecule has 0 saturated carbocycles. The van der Waals surface area contributed by atoms with Crippen molar-refractivity contribution in [2.75, 3.05) is 23.3 Å². The molecule has 1 aliphatic rings. The van der Waals surface area contributed by atoms with Gasteiger partial charge in [-0.1, -0.05) is 6.07 Å². The quantitative estimate of drug-likeness (QED) is 0.628. The van der Waals surface area contributed by atoms with Gasteiger partial charge in [0.25, 0.3) is 5.69 Å². The minimum absolute atomic E-state index is 0.0458. The van der Waals surface area contributed by atoms with Gasteiger partial charge >= 0.3 is 0 Å². The van der Waals surface area contributed by atoms with E-state index in [-0.39, 0.29) is 24.0 Å². The Morgan fingerprint density at radius 1 is 1.19 bits per heavy atom. The van der Waals surface area contributed by atoms with Gasteiger partial charge in [-0.15, -0.1) is 0 Å². The molecule has 0 aliphatic carbocycles. The topological polar surface area (TPSA) is 78.6 Å². The number of halogens is 2. The van der Waals surface area contributed by atoms with Gasteiger partial charge in [-0.3, -0.25) is 10.1 Å². The van der Waals surface area contributed by atoms with Crippen LogP contribution in [0.5, 0.6) is 0 Å². The summed E-state index contributed by atoms with van der Waals surface area (Å²) >= 11 is 0. The first-order chi connectivity index (χ1) is 12.4. The van der Waals surface area contributed by atoms with E-state index in [1.807, 2.05) is 4.90 Å². The predicted molar refractivity (Wildman–Crippen MR) is 94.2 cm³/mol. The maximum absolute atomic E-state index is 14.4. The lowest BCUT2D eigenvalue weighted by Gasteiger charge is -2.31. The van der Waals surface area contributed by atoms with E-state index in [1.165, 1.54) is 6.07 Å². The van der Waals surface area contributed by atoms with Crippen LogP contribution >= 0.6 is 0 Å². The Kier molecular flexibility index (Phi) is 5.32. The van der Waals surface area contributed by atoms with Gasteiger partial charge in [0, 0.05) is 31.8 Å². The Morgan fingerprint density at radius 2 is 1.92 bits per heavy atom. The summed E-state index contributed by atoms with van der Waals surface area (Å²) < 4.78 is 27.8. The minimum atomic E-state index is -0.601. The van der Waals surface area contributed by atoms with Gasteiger partial charge < -0.3 is 15.3 Å². The van der Waals surface area contributed by atoms with Crippen LogP contribution in [0.15, 0.2) is 36.4 Å². The molecular weight excluding hydrogens is 344 g/mol. The van der Waals surface area contributed by atoms with Crippen molar-refractivity contribution in [3.63, 3.8) is 0 Å². The van der Waals surface area contributed by atoms with Crippen LogP contribution < -0.4 is 10.2 Å². The third kappa shape index (κ3) is 4.08. The molecule has 0 bridgehead atoms. The average molecular weight is 363 g/mol. The molecule has 26 heavy (non-hydrogen) atoms. The molecule has 1 fully saturated rings. The highest BCUT2D eigenvalue weighted by Gasteiger charge is 2.20. The largest absolute Gasteiger partial charge is 0.393 e. The zero-order chi connectivity index (χ0) is 18.7. The van der Waals surface area contributed by atoms with E-state index in [0.29, 0.717) is 37.2 Å². The fourth-order valence-electron chi connectivity index (χ4n) is 3.03. The van der Waals surface area contributed by atoms with Crippen molar-refractivity contribution in [3.05, 3.63) is 63.7 Å². The van der Waals surface area contributed by atoms with Crippen LogP contribution in [0.25, 0.3) is 0 Å². The number of hydrogen-bond donors (Lipinski definition) is 2. The maximum Gasteiger partial charge on any atom is 0.292 e. The van der Waals surface area contributed by atoms with Gasteiger partial charge in [-0.05, 0) is 36.6 Å². The Morgan fingerprint density at radius 3 is 2.58 bits per heavy atom. The smallest absolute Gasteiger partial charge is 0.292 e. The van der Waals surface area contributed by atoms with Gasteiger partial charge in [0.2, 0.25) is 0 Å². The first-order valence-corrected chi connectivity index (χ1v) is 8.33. The molecule has 0 spiro atoms. The lowest BCUT2D eigenvalue weighted by atomic mass is 10.1. The highest BCUT2D eigenvalue weighted by molar-refractivity contribution is 5.61. The zero-order valence-corrected chi connectivity index (χ0v) is 14.0. The molecular formula is C18H19F2N3O3. The van der Waals surface area contributed by atoms with E-state index < -0.39 is 16.6 Å². The second-order valence-corrected chi connectivity index (χ2v) is 6.28. The molecule has 2 N–H and O–H groups in total. The highest BCUT2D eigenvalue weighted by atomic mass is 19.1. The van der Waals surface area contributed by atoms with Crippen molar-refractivity contribution in [1.82, 2.24) is 0 Å². The Labute approximate surface area is 149 Å². The molecule has 2 aromatic carbocycles. The van der Waals surface area contributed by atoms with E-state index in [2.05, 4.69) is 5.32 Å². The number of benzene rings is 2. The summed E-state index contributed by atoms with van der Waals surface area (Å²) in [6.07, 6.45) is 0.873. The number of hydrogen-bond acceptors (Lipinski definition) is 5. The summed E-state index contributed by atoms with van der Waals surface area (Å²) in [5.74, 6) is -0.985. The second-order valence-electron chi connectivity index (χ2n) is 6.28. The van der Waals surface area contributed by atoms with E-state index in [0.717, 1.165) is 18.2 Å². The third-order valence-corrected chi connectivity index (χ3v) is 4.46. The summed E-state index contributed by atoms with van der Waals surface area (Å²) in [7, 11) is 0. The number of nitrogens with zero attached hydrogens (tertiary/aromatic N) is 2. The molecule has 0 radical (unpaired) electrons. The minimum Gasteiger partial charge on any atom is -0.393 e. The molecule has 1 saturated heterocycles. The van der Waals surface area contributed by atoms with Crippen molar-refractivity contribution in [2.45, 2.75) is 25.5 Å². The van der Waals surface area contributed by atoms with Crippen LogP contribution in [0.3, 0.4) is 0 Å². The van der Waals surface area contributed by atoms with Crippen LogP contribution in [-0.2, 0) is 6.54 Å². The van der Waals surface area contributed by atoms with Gasteiger partial charge in [0.1, 0.15) is 17.3 Å². The first-order valence-electron chi connectivity index (χ1n) is 8.33. The summed E-state index contributed by atoms with van der Waals surface area (Å²) in [6.45, 7) is 1.30. The van der Waals surface area contributed by atoms with Gasteiger partial charge in [-0.2, -0.15) is 0 Å².